The van der Waals surface area contributed by atoms with Crippen LogP contribution in [0.5, 0.6) is 5.75 Å². The summed E-state index contributed by atoms with van der Waals surface area (Å²) in [4.78, 5) is 35.2. The molecule has 3 amide bonds. The Morgan fingerprint density at radius 3 is 2.34 bits per heavy atom. The lowest BCUT2D eigenvalue weighted by Crippen LogP contribution is -2.47. The predicted octanol–water partition coefficient (Wildman–Crippen LogP) is 1.97. The summed E-state index contributed by atoms with van der Waals surface area (Å²) in [6.07, 6.45) is -4.53. The largest absolute Gasteiger partial charge is 0.484 e. The quantitative estimate of drug-likeness (QED) is 0.636. The van der Waals surface area contributed by atoms with Crippen LogP contribution in [0.4, 0.5) is 13.2 Å². The van der Waals surface area contributed by atoms with Crippen molar-refractivity contribution in [2.24, 2.45) is 0 Å². The second kappa shape index (κ2) is 9.58. The molecule has 3 N–H and O–H groups in total. The number of benzene rings is 2. The molecule has 0 radical (unpaired) electrons. The van der Waals surface area contributed by atoms with Gasteiger partial charge in [-0.05, 0) is 37.3 Å². The summed E-state index contributed by atoms with van der Waals surface area (Å²) in [7, 11) is 0. The minimum Gasteiger partial charge on any atom is -0.484 e. The summed E-state index contributed by atoms with van der Waals surface area (Å²) in [5.74, 6) is -2.09. The number of ether oxygens (including phenoxy) is 1. The Balaban J connectivity index is 1.72. The zero-order valence-electron chi connectivity index (χ0n) is 15.3. The molecule has 0 aliphatic rings. The standard InChI is InChI=1S/C19H18F3N3O4/c1-12-4-2-5-13(8-12)18(28)23-10-16(26)24-25-17(27)11-29-15-7-3-6-14(9-15)19(20,21)22/h2-9H,10-11H2,1H3,(H,23,28)(H,24,26)(H,25,27). The molecule has 2 aromatic rings. The van der Waals surface area contributed by atoms with Gasteiger partial charge in [-0.1, -0.05) is 23.8 Å². The highest BCUT2D eigenvalue weighted by atomic mass is 19.4. The van der Waals surface area contributed by atoms with Gasteiger partial charge >= 0.3 is 6.18 Å². The third kappa shape index (κ3) is 7.17. The smallest absolute Gasteiger partial charge is 0.416 e. The lowest BCUT2D eigenvalue weighted by molar-refractivity contribution is -0.137. The first kappa shape index (κ1) is 21.7. The molecule has 0 aliphatic carbocycles. The molecule has 0 atom stereocenters. The lowest BCUT2D eigenvalue weighted by Gasteiger charge is -2.11. The van der Waals surface area contributed by atoms with Gasteiger partial charge in [0.15, 0.2) is 6.61 Å². The Kier molecular flexibility index (Phi) is 7.18. The van der Waals surface area contributed by atoms with Gasteiger partial charge in [-0.25, -0.2) is 0 Å². The van der Waals surface area contributed by atoms with Gasteiger partial charge in [-0.15, -0.1) is 0 Å². The first-order valence-corrected chi connectivity index (χ1v) is 8.38. The first-order valence-electron chi connectivity index (χ1n) is 8.38. The van der Waals surface area contributed by atoms with E-state index in [1.165, 1.54) is 6.07 Å². The number of halogens is 3. The van der Waals surface area contributed by atoms with Crippen LogP contribution in [0.2, 0.25) is 0 Å². The van der Waals surface area contributed by atoms with E-state index in [1.54, 1.807) is 18.2 Å². The molecule has 10 heteroatoms. The molecule has 0 bridgehead atoms. The fraction of sp³-hybridized carbons (Fsp3) is 0.211. The number of amides is 3. The van der Waals surface area contributed by atoms with E-state index in [0.29, 0.717) is 5.56 Å². The van der Waals surface area contributed by atoms with Gasteiger partial charge in [-0.3, -0.25) is 25.2 Å². The van der Waals surface area contributed by atoms with Crippen LogP contribution < -0.4 is 20.9 Å². The normalized spacial score (nSPS) is 10.8. The van der Waals surface area contributed by atoms with Gasteiger partial charge in [-0.2, -0.15) is 13.2 Å². The van der Waals surface area contributed by atoms with Crippen LogP contribution in [0.3, 0.4) is 0 Å². The molecular weight excluding hydrogens is 391 g/mol. The Labute approximate surface area is 164 Å². The topological polar surface area (TPSA) is 96.5 Å². The minimum atomic E-state index is -4.53. The van der Waals surface area contributed by atoms with Crippen LogP contribution in [0, 0.1) is 6.92 Å². The number of hydrazine groups is 1. The lowest BCUT2D eigenvalue weighted by atomic mass is 10.1. The molecule has 0 fully saturated rings. The summed E-state index contributed by atoms with van der Waals surface area (Å²) in [6, 6.07) is 10.8. The van der Waals surface area contributed by atoms with Crippen molar-refractivity contribution in [3.8, 4) is 5.75 Å². The maximum Gasteiger partial charge on any atom is 0.416 e. The van der Waals surface area contributed by atoms with Crippen molar-refractivity contribution in [1.82, 2.24) is 16.2 Å². The van der Waals surface area contributed by atoms with E-state index in [-0.39, 0.29) is 12.3 Å². The molecule has 0 aromatic heterocycles. The summed E-state index contributed by atoms with van der Waals surface area (Å²) >= 11 is 0. The van der Waals surface area contributed by atoms with E-state index >= 15 is 0 Å². The number of hydrogen-bond acceptors (Lipinski definition) is 4. The number of hydrogen-bond donors (Lipinski definition) is 3. The third-order valence-electron chi connectivity index (χ3n) is 3.56. The Bertz CT molecular complexity index is 900. The maximum absolute atomic E-state index is 12.6. The van der Waals surface area contributed by atoms with Gasteiger partial charge < -0.3 is 10.1 Å². The minimum absolute atomic E-state index is 0.147. The van der Waals surface area contributed by atoms with Gasteiger partial charge in [0.2, 0.25) is 0 Å². The second-order valence-corrected chi connectivity index (χ2v) is 5.96. The average molecular weight is 409 g/mol. The van der Waals surface area contributed by atoms with Crippen molar-refractivity contribution in [3.05, 3.63) is 65.2 Å². The Morgan fingerprint density at radius 2 is 1.66 bits per heavy atom. The van der Waals surface area contributed by atoms with Crippen molar-refractivity contribution in [2.45, 2.75) is 13.1 Å². The molecule has 0 heterocycles. The van der Waals surface area contributed by atoms with E-state index in [1.807, 2.05) is 18.4 Å². The second-order valence-electron chi connectivity index (χ2n) is 5.96. The van der Waals surface area contributed by atoms with Gasteiger partial charge in [0.25, 0.3) is 17.7 Å². The fourth-order valence-electron chi connectivity index (χ4n) is 2.18. The number of alkyl halides is 3. The van der Waals surface area contributed by atoms with Crippen molar-refractivity contribution >= 4 is 17.7 Å². The number of nitrogens with one attached hydrogen (secondary N) is 3. The van der Waals surface area contributed by atoms with Crippen molar-refractivity contribution in [3.63, 3.8) is 0 Å². The Hall–Kier alpha value is -3.56. The first-order chi connectivity index (χ1) is 13.6. The van der Waals surface area contributed by atoms with E-state index in [9.17, 15) is 27.6 Å². The van der Waals surface area contributed by atoms with Crippen LogP contribution in [-0.4, -0.2) is 30.9 Å². The van der Waals surface area contributed by atoms with Crippen molar-refractivity contribution in [1.29, 1.82) is 0 Å². The third-order valence-corrected chi connectivity index (χ3v) is 3.56. The molecule has 0 saturated heterocycles. The molecule has 0 aliphatic heterocycles. The molecule has 29 heavy (non-hydrogen) atoms. The number of carbonyl (C=O) groups is 3. The molecule has 2 rings (SSSR count). The monoisotopic (exact) mass is 409 g/mol. The van der Waals surface area contributed by atoms with Crippen molar-refractivity contribution in [2.75, 3.05) is 13.2 Å². The van der Waals surface area contributed by atoms with E-state index in [4.69, 9.17) is 4.74 Å². The van der Waals surface area contributed by atoms with Gasteiger partial charge in [0.1, 0.15) is 5.75 Å². The maximum atomic E-state index is 12.6. The molecule has 0 spiro atoms. The fourth-order valence-corrected chi connectivity index (χ4v) is 2.18. The molecular formula is C19H18F3N3O4. The molecule has 7 nitrogen and oxygen atoms in total. The van der Waals surface area contributed by atoms with Crippen LogP contribution in [0.25, 0.3) is 0 Å². The predicted molar refractivity (Wildman–Crippen MR) is 96.7 cm³/mol. The van der Waals surface area contributed by atoms with Crippen LogP contribution in [0.15, 0.2) is 48.5 Å². The van der Waals surface area contributed by atoms with E-state index in [2.05, 4.69) is 10.7 Å². The highest BCUT2D eigenvalue weighted by molar-refractivity contribution is 5.96. The van der Waals surface area contributed by atoms with Crippen LogP contribution >= 0.6 is 0 Å². The van der Waals surface area contributed by atoms with E-state index in [0.717, 1.165) is 23.8 Å². The Morgan fingerprint density at radius 1 is 0.966 bits per heavy atom. The number of rotatable bonds is 6. The summed E-state index contributed by atoms with van der Waals surface area (Å²) in [5, 5.41) is 2.39. The van der Waals surface area contributed by atoms with Gasteiger partial charge in [0.05, 0.1) is 12.1 Å². The van der Waals surface area contributed by atoms with Gasteiger partial charge in [0, 0.05) is 5.56 Å². The SMILES string of the molecule is Cc1cccc(C(=O)NCC(=O)NNC(=O)COc2cccc(C(F)(F)F)c2)c1. The molecule has 2 aromatic carbocycles. The molecule has 0 saturated carbocycles. The summed E-state index contributed by atoms with van der Waals surface area (Å²) in [6.45, 7) is 0.819. The van der Waals surface area contributed by atoms with Crippen LogP contribution in [-0.2, 0) is 15.8 Å². The number of carbonyl (C=O) groups excluding carboxylic acids is 3. The molecule has 0 unspecified atom stereocenters. The van der Waals surface area contributed by atoms with E-state index < -0.39 is 36.1 Å². The highest BCUT2D eigenvalue weighted by Crippen LogP contribution is 2.31. The highest BCUT2D eigenvalue weighted by Gasteiger charge is 2.30. The zero-order chi connectivity index (χ0) is 21.4. The average Bonchev–Trinajstić information content (AvgIpc) is 2.68. The zero-order valence-corrected chi connectivity index (χ0v) is 15.3. The molecule has 154 valence electrons. The summed E-state index contributed by atoms with van der Waals surface area (Å²) in [5.41, 5.74) is 4.45. The van der Waals surface area contributed by atoms with Crippen LogP contribution in [0.1, 0.15) is 21.5 Å². The number of aryl methyl sites for hydroxylation is 1. The summed E-state index contributed by atoms with van der Waals surface area (Å²) < 4.78 is 42.8. The van der Waals surface area contributed by atoms with Crippen molar-refractivity contribution < 1.29 is 32.3 Å².